The van der Waals surface area contributed by atoms with E-state index in [0.717, 1.165) is 19.4 Å². The maximum atomic E-state index is 12.9. The van der Waals surface area contributed by atoms with E-state index in [0.29, 0.717) is 24.7 Å². The van der Waals surface area contributed by atoms with Gasteiger partial charge in [0.2, 0.25) is 15.9 Å². The molecule has 6 nitrogen and oxygen atoms in total. The van der Waals surface area contributed by atoms with Crippen LogP contribution in [0.4, 0.5) is 5.69 Å². The first-order chi connectivity index (χ1) is 14.9. The van der Waals surface area contributed by atoms with Crippen LogP contribution in [-0.4, -0.2) is 49.7 Å². The fourth-order valence-electron chi connectivity index (χ4n) is 4.13. The summed E-state index contributed by atoms with van der Waals surface area (Å²) in [4.78, 5) is 15.3. The molecule has 0 radical (unpaired) electrons. The maximum absolute atomic E-state index is 12.9. The molecule has 31 heavy (non-hydrogen) atoms. The van der Waals surface area contributed by atoms with Gasteiger partial charge < -0.3 is 5.32 Å². The number of sulfonamides is 1. The van der Waals surface area contributed by atoms with Crippen LogP contribution >= 0.6 is 0 Å². The largest absolute Gasteiger partial charge is 0.325 e. The predicted molar refractivity (Wildman–Crippen MR) is 122 cm³/mol. The zero-order valence-corrected chi connectivity index (χ0v) is 18.9. The second kappa shape index (κ2) is 9.51. The summed E-state index contributed by atoms with van der Waals surface area (Å²) in [6.45, 7) is 4.43. The Balaban J connectivity index is 1.44. The second-order valence-electron chi connectivity index (χ2n) is 8.65. The highest BCUT2D eigenvalue weighted by atomic mass is 32.2. The highest BCUT2D eigenvalue weighted by molar-refractivity contribution is 7.89. The van der Waals surface area contributed by atoms with Gasteiger partial charge in [-0.25, -0.2) is 8.42 Å². The van der Waals surface area contributed by atoms with Gasteiger partial charge in [-0.3, -0.25) is 9.69 Å². The molecule has 1 amide bonds. The predicted octanol–water partition coefficient (Wildman–Crippen LogP) is 3.88. The molecule has 0 aromatic heterocycles. The molecule has 1 saturated heterocycles. The number of nitrogens with zero attached hydrogens (tertiary/aromatic N) is 2. The fourth-order valence-corrected chi connectivity index (χ4v) is 5.69. The summed E-state index contributed by atoms with van der Waals surface area (Å²) < 4.78 is 27.2. The Morgan fingerprint density at radius 3 is 2.48 bits per heavy atom. The molecule has 1 aliphatic carbocycles. The number of hydrogen-bond acceptors (Lipinski definition) is 4. The highest BCUT2D eigenvalue weighted by Crippen LogP contribution is 2.32. The molecule has 1 saturated carbocycles. The third-order valence-corrected chi connectivity index (χ3v) is 8.08. The molecule has 1 unspecified atom stereocenters. The molecular formula is C24H31N3O3S. The summed E-state index contributed by atoms with van der Waals surface area (Å²) in [6.07, 6.45) is 4.23. The van der Waals surface area contributed by atoms with Crippen molar-refractivity contribution in [1.29, 1.82) is 0 Å². The van der Waals surface area contributed by atoms with Gasteiger partial charge in [0.1, 0.15) is 0 Å². The summed E-state index contributed by atoms with van der Waals surface area (Å²) in [5, 5.41) is 2.91. The van der Waals surface area contributed by atoms with Gasteiger partial charge >= 0.3 is 0 Å². The van der Waals surface area contributed by atoms with Gasteiger partial charge in [0.15, 0.2) is 0 Å². The molecule has 2 fully saturated rings. The third-order valence-electron chi connectivity index (χ3n) is 6.19. The number of nitrogens with one attached hydrogen (secondary N) is 1. The molecule has 0 spiro atoms. The van der Waals surface area contributed by atoms with Crippen LogP contribution in [0.3, 0.4) is 0 Å². The molecule has 2 aliphatic rings. The topological polar surface area (TPSA) is 69.7 Å². The number of amides is 1. The molecule has 4 rings (SSSR count). The number of benzene rings is 2. The number of carbonyl (C=O) groups excluding carboxylic acids is 1. The van der Waals surface area contributed by atoms with Gasteiger partial charge in [-0.2, -0.15) is 4.31 Å². The van der Waals surface area contributed by atoms with E-state index >= 15 is 0 Å². The lowest BCUT2D eigenvalue weighted by atomic mass is 10.1. The monoisotopic (exact) mass is 441 g/mol. The number of rotatable bonds is 9. The molecule has 2 aromatic carbocycles. The molecular weight excluding hydrogens is 410 g/mol. The lowest BCUT2D eigenvalue weighted by molar-refractivity contribution is -0.117. The number of hydrogen-bond donors (Lipinski definition) is 1. The summed E-state index contributed by atoms with van der Waals surface area (Å²) in [6, 6.07) is 17.0. The molecule has 1 aliphatic heterocycles. The Kier molecular flexibility index (Phi) is 6.74. The first-order valence-electron chi connectivity index (χ1n) is 11.1. The van der Waals surface area contributed by atoms with Crippen LogP contribution in [0.15, 0.2) is 59.5 Å². The van der Waals surface area contributed by atoms with E-state index in [2.05, 4.69) is 29.3 Å². The minimum absolute atomic E-state index is 0.126. The molecule has 1 atom stereocenters. The van der Waals surface area contributed by atoms with Crippen molar-refractivity contribution in [2.24, 2.45) is 5.92 Å². The van der Waals surface area contributed by atoms with Gasteiger partial charge in [-0.05, 0) is 62.3 Å². The highest BCUT2D eigenvalue weighted by Gasteiger charge is 2.29. The molecule has 7 heteroatoms. The fraction of sp³-hybridized carbons (Fsp3) is 0.458. The van der Waals surface area contributed by atoms with Crippen molar-refractivity contribution >= 4 is 21.6 Å². The van der Waals surface area contributed by atoms with Crippen molar-refractivity contribution in [1.82, 2.24) is 9.21 Å². The average molecular weight is 442 g/mol. The van der Waals surface area contributed by atoms with Crippen molar-refractivity contribution in [3.63, 3.8) is 0 Å². The van der Waals surface area contributed by atoms with Gasteiger partial charge in [0.25, 0.3) is 0 Å². The number of carbonyl (C=O) groups is 1. The summed E-state index contributed by atoms with van der Waals surface area (Å²) in [7, 11) is -3.51. The van der Waals surface area contributed by atoms with Crippen molar-refractivity contribution in [3.8, 4) is 0 Å². The van der Waals surface area contributed by atoms with Crippen LogP contribution in [0.2, 0.25) is 0 Å². The van der Waals surface area contributed by atoms with Crippen LogP contribution in [0.1, 0.15) is 44.2 Å². The average Bonchev–Trinajstić information content (AvgIpc) is 3.40. The molecule has 1 heterocycles. The summed E-state index contributed by atoms with van der Waals surface area (Å²) in [5.41, 5.74) is 1.71. The van der Waals surface area contributed by atoms with E-state index in [1.165, 1.54) is 22.7 Å². The lowest BCUT2D eigenvalue weighted by Gasteiger charge is -2.29. The Hall–Kier alpha value is -2.22. The van der Waals surface area contributed by atoms with E-state index in [9.17, 15) is 13.2 Å². The van der Waals surface area contributed by atoms with Crippen LogP contribution in [0.5, 0.6) is 0 Å². The van der Waals surface area contributed by atoms with Gasteiger partial charge in [-0.15, -0.1) is 0 Å². The molecule has 166 valence electrons. The van der Waals surface area contributed by atoms with Gasteiger partial charge in [0, 0.05) is 31.4 Å². The van der Waals surface area contributed by atoms with Gasteiger partial charge in [-0.1, -0.05) is 36.4 Å². The van der Waals surface area contributed by atoms with Crippen molar-refractivity contribution in [2.75, 3.05) is 31.5 Å². The molecule has 0 bridgehead atoms. The van der Waals surface area contributed by atoms with Crippen LogP contribution < -0.4 is 5.32 Å². The van der Waals surface area contributed by atoms with E-state index in [-0.39, 0.29) is 23.4 Å². The maximum Gasteiger partial charge on any atom is 0.243 e. The lowest BCUT2D eigenvalue weighted by Crippen LogP contribution is -2.36. The normalized spacial score (nSPS) is 18.3. The zero-order chi connectivity index (χ0) is 21.8. The van der Waals surface area contributed by atoms with E-state index in [1.54, 1.807) is 24.3 Å². The van der Waals surface area contributed by atoms with Crippen LogP contribution in [0.25, 0.3) is 0 Å². The Labute approximate surface area is 185 Å². The molecule has 2 aromatic rings. The van der Waals surface area contributed by atoms with E-state index in [4.69, 9.17) is 0 Å². The van der Waals surface area contributed by atoms with E-state index < -0.39 is 10.0 Å². The SMILES string of the molecule is CC(c1ccccc1)N(CC(=O)Nc1cccc(S(=O)(=O)N2CCCC2)c1)CC1CC1. The van der Waals surface area contributed by atoms with Crippen LogP contribution in [0, 0.1) is 5.92 Å². The Morgan fingerprint density at radius 2 is 1.81 bits per heavy atom. The van der Waals surface area contributed by atoms with E-state index in [1.807, 2.05) is 18.2 Å². The second-order valence-corrected chi connectivity index (χ2v) is 10.6. The minimum Gasteiger partial charge on any atom is -0.325 e. The summed E-state index contributed by atoms with van der Waals surface area (Å²) >= 11 is 0. The first-order valence-corrected chi connectivity index (χ1v) is 12.6. The Bertz CT molecular complexity index is 1000. The molecule has 1 N–H and O–H groups in total. The smallest absolute Gasteiger partial charge is 0.243 e. The quantitative estimate of drug-likeness (QED) is 0.641. The van der Waals surface area contributed by atoms with Crippen molar-refractivity contribution in [3.05, 3.63) is 60.2 Å². The van der Waals surface area contributed by atoms with Gasteiger partial charge in [0.05, 0.1) is 11.4 Å². The van der Waals surface area contributed by atoms with Crippen molar-refractivity contribution < 1.29 is 13.2 Å². The van der Waals surface area contributed by atoms with Crippen LogP contribution in [-0.2, 0) is 14.8 Å². The Morgan fingerprint density at radius 1 is 1.10 bits per heavy atom. The van der Waals surface area contributed by atoms with Crippen molar-refractivity contribution in [2.45, 2.75) is 43.5 Å². The number of anilines is 1. The minimum atomic E-state index is -3.51. The summed E-state index contributed by atoms with van der Waals surface area (Å²) in [5.74, 6) is 0.534. The first kappa shape index (κ1) is 22.0. The third kappa shape index (κ3) is 5.53. The standard InChI is InChI=1S/C24H31N3O3S/c1-19(21-8-3-2-4-9-21)26(17-20-12-13-20)18-24(28)25-22-10-7-11-23(16-22)31(29,30)27-14-5-6-15-27/h2-4,7-11,16,19-20H,5-6,12-15,17-18H2,1H3,(H,25,28). The zero-order valence-electron chi connectivity index (χ0n) is 18.0.